The van der Waals surface area contributed by atoms with E-state index < -0.39 is 0 Å². The molecule has 0 amide bonds. The van der Waals surface area contributed by atoms with Crippen molar-refractivity contribution in [1.82, 2.24) is 0 Å². The van der Waals surface area contributed by atoms with Gasteiger partial charge in [0.15, 0.2) is 0 Å². The Labute approximate surface area is 92.7 Å². The molecule has 92 valence electrons. The highest BCUT2D eigenvalue weighted by atomic mass is 16.2. The molecule has 1 N–H and O–H groups in total. The molecule has 0 saturated carbocycles. The summed E-state index contributed by atoms with van der Waals surface area (Å²) in [4.78, 5) is 28.3. The Morgan fingerprint density at radius 1 is 0.733 bits per heavy atom. The van der Waals surface area contributed by atoms with Crippen LogP contribution in [-0.2, 0) is 14.4 Å². The van der Waals surface area contributed by atoms with E-state index in [-0.39, 0.29) is 24.0 Å². The van der Waals surface area contributed by atoms with E-state index in [0.29, 0.717) is 0 Å². The third-order valence-corrected chi connectivity index (χ3v) is 0. The summed E-state index contributed by atoms with van der Waals surface area (Å²) < 4.78 is 0. The zero-order chi connectivity index (χ0) is 13.4. The summed E-state index contributed by atoms with van der Waals surface area (Å²) in [5, 5.41) is 7.57. The molecule has 0 unspecified atom stereocenters. The third-order valence-electron chi connectivity index (χ3n) is 0. The van der Waals surface area contributed by atoms with E-state index >= 15 is 0 Å². The van der Waals surface area contributed by atoms with Crippen LogP contribution in [0, 0.1) is 0 Å². The first-order chi connectivity index (χ1) is 6.61. The molecule has 0 heterocycles. The first-order valence-electron chi connectivity index (χ1n) is 4.64. The fourth-order valence-corrected chi connectivity index (χ4v) is 0. The van der Waals surface area contributed by atoms with Gasteiger partial charge in [-0.25, -0.2) is 0 Å². The molecule has 0 fully saturated rings. The highest BCUT2D eigenvalue weighted by molar-refractivity contribution is 5.72. The van der Waals surface area contributed by atoms with Crippen molar-refractivity contribution in [2.45, 2.75) is 48.5 Å². The number of Topliss-reactive ketones (excluding diaryl/α,β-unsaturated/α-hetero) is 3. The molecule has 4 heteroatoms. The second-order valence-electron chi connectivity index (χ2n) is 3.04. The first kappa shape index (κ1) is 23.6. The van der Waals surface area contributed by atoms with E-state index in [4.69, 9.17) is 5.11 Å². The van der Waals surface area contributed by atoms with Gasteiger partial charge in [-0.3, -0.25) is 0 Å². The van der Waals surface area contributed by atoms with Crippen LogP contribution >= 0.6 is 0 Å². The zero-order valence-corrected chi connectivity index (χ0v) is 10.9. The van der Waals surface area contributed by atoms with Crippen molar-refractivity contribution < 1.29 is 19.5 Å². The SMILES string of the molecule is CC(C)=O.CC(C)=O.CC(C)=O.CCO. The summed E-state index contributed by atoms with van der Waals surface area (Å²) in [7, 11) is 0. The van der Waals surface area contributed by atoms with Crippen molar-refractivity contribution in [3.05, 3.63) is 0 Å². The van der Waals surface area contributed by atoms with Gasteiger partial charge in [0.05, 0.1) is 0 Å². The summed E-state index contributed by atoms with van der Waals surface area (Å²) in [5.74, 6) is 0.500. The fourth-order valence-electron chi connectivity index (χ4n) is 0. The second kappa shape index (κ2) is 23.1. The lowest BCUT2D eigenvalue weighted by molar-refractivity contribution is -0.115. The van der Waals surface area contributed by atoms with Gasteiger partial charge in [0, 0.05) is 6.61 Å². The van der Waals surface area contributed by atoms with E-state index in [1.807, 2.05) is 0 Å². The molecule has 0 aliphatic rings. The van der Waals surface area contributed by atoms with Crippen LogP contribution in [0.5, 0.6) is 0 Å². The lowest BCUT2D eigenvalue weighted by atomic mass is 10.6. The van der Waals surface area contributed by atoms with Gasteiger partial charge in [0.2, 0.25) is 0 Å². The molecule has 0 saturated heterocycles. The number of ketones is 3. The van der Waals surface area contributed by atoms with Crippen molar-refractivity contribution in [3.63, 3.8) is 0 Å². The molecule has 0 aromatic carbocycles. The fraction of sp³-hybridized carbons (Fsp3) is 0.727. The quantitative estimate of drug-likeness (QED) is 0.675. The normalized spacial score (nSPS) is 6.40. The van der Waals surface area contributed by atoms with Gasteiger partial charge in [0.25, 0.3) is 0 Å². The Kier molecular flexibility index (Phi) is 36.4. The minimum Gasteiger partial charge on any atom is -0.397 e. The minimum atomic E-state index is 0.167. The lowest BCUT2D eigenvalue weighted by Crippen LogP contribution is -1.69. The summed E-state index contributed by atoms with van der Waals surface area (Å²) in [6.45, 7) is 11.1. The van der Waals surface area contributed by atoms with Gasteiger partial charge < -0.3 is 19.5 Å². The van der Waals surface area contributed by atoms with Crippen molar-refractivity contribution in [1.29, 1.82) is 0 Å². The third kappa shape index (κ3) is 1470. The Bertz CT molecular complexity index is 121. The summed E-state index contributed by atoms with van der Waals surface area (Å²) in [5.41, 5.74) is 0. The number of hydrogen-bond acceptors (Lipinski definition) is 4. The number of aliphatic hydroxyl groups is 1. The molecule has 0 atom stereocenters. The minimum absolute atomic E-state index is 0.167. The summed E-state index contributed by atoms with van der Waals surface area (Å²) >= 11 is 0. The molecule has 0 rings (SSSR count). The second-order valence-corrected chi connectivity index (χ2v) is 3.04. The zero-order valence-electron chi connectivity index (χ0n) is 10.9. The lowest BCUT2D eigenvalue weighted by Gasteiger charge is -1.56. The maximum Gasteiger partial charge on any atom is 0.126 e. The van der Waals surface area contributed by atoms with Gasteiger partial charge in [-0.15, -0.1) is 0 Å². The monoisotopic (exact) mass is 220 g/mol. The number of carbonyl (C=O) groups is 3. The van der Waals surface area contributed by atoms with Crippen molar-refractivity contribution in [2.24, 2.45) is 0 Å². The first-order valence-corrected chi connectivity index (χ1v) is 4.64. The van der Waals surface area contributed by atoms with Crippen LogP contribution in [0.1, 0.15) is 48.5 Å². The maximum absolute atomic E-state index is 9.44. The molecule has 0 aliphatic carbocycles. The molecule has 0 aliphatic heterocycles. The maximum atomic E-state index is 9.44. The molecule has 4 nitrogen and oxygen atoms in total. The molecule has 0 radical (unpaired) electrons. The molecule has 15 heavy (non-hydrogen) atoms. The van der Waals surface area contributed by atoms with Gasteiger partial charge in [-0.1, -0.05) is 0 Å². The highest BCUT2D eigenvalue weighted by Crippen LogP contribution is 1.51. The van der Waals surface area contributed by atoms with Crippen LogP contribution in [0.3, 0.4) is 0 Å². The standard InChI is InChI=1S/3C3H6O.C2H6O/c3*1-3(2)4;1-2-3/h3*1-2H3;3H,2H2,1H3. The van der Waals surface area contributed by atoms with Crippen molar-refractivity contribution in [3.8, 4) is 0 Å². The Morgan fingerprint density at radius 2 is 0.733 bits per heavy atom. The molecular formula is C11H24O4. The van der Waals surface area contributed by atoms with E-state index in [1.165, 1.54) is 41.5 Å². The van der Waals surface area contributed by atoms with Crippen LogP contribution in [0.4, 0.5) is 0 Å². The molecule has 0 aromatic heterocycles. The predicted octanol–water partition coefficient (Wildman–Crippen LogP) is 1.78. The summed E-state index contributed by atoms with van der Waals surface area (Å²) in [6.07, 6.45) is 0. The number of aliphatic hydroxyl groups excluding tert-OH is 1. The van der Waals surface area contributed by atoms with Gasteiger partial charge in [0.1, 0.15) is 17.3 Å². The van der Waals surface area contributed by atoms with Crippen molar-refractivity contribution in [2.75, 3.05) is 6.61 Å². The van der Waals surface area contributed by atoms with E-state index in [9.17, 15) is 14.4 Å². The van der Waals surface area contributed by atoms with Gasteiger partial charge in [-0.05, 0) is 48.5 Å². The molecular weight excluding hydrogens is 196 g/mol. The number of carbonyl (C=O) groups excluding carboxylic acids is 3. The highest BCUT2D eigenvalue weighted by Gasteiger charge is 1.63. The van der Waals surface area contributed by atoms with E-state index in [0.717, 1.165) is 0 Å². The van der Waals surface area contributed by atoms with Crippen LogP contribution in [-0.4, -0.2) is 29.1 Å². The number of rotatable bonds is 0. The Morgan fingerprint density at radius 3 is 0.733 bits per heavy atom. The average Bonchev–Trinajstić information content (AvgIpc) is 1.81. The Hall–Kier alpha value is -1.03. The topological polar surface area (TPSA) is 71.4 Å². The van der Waals surface area contributed by atoms with Gasteiger partial charge in [-0.2, -0.15) is 0 Å². The molecule has 0 bridgehead atoms. The van der Waals surface area contributed by atoms with E-state index in [2.05, 4.69) is 0 Å². The largest absolute Gasteiger partial charge is 0.397 e. The number of hydrogen-bond donors (Lipinski definition) is 1. The average molecular weight is 220 g/mol. The van der Waals surface area contributed by atoms with Crippen LogP contribution in [0.2, 0.25) is 0 Å². The van der Waals surface area contributed by atoms with Crippen molar-refractivity contribution >= 4 is 17.3 Å². The van der Waals surface area contributed by atoms with E-state index in [1.54, 1.807) is 6.92 Å². The molecule has 0 aromatic rings. The summed E-state index contributed by atoms with van der Waals surface area (Å²) in [6, 6.07) is 0. The molecule has 0 spiro atoms. The predicted molar refractivity (Wildman–Crippen MR) is 61.8 cm³/mol. The van der Waals surface area contributed by atoms with Gasteiger partial charge >= 0.3 is 0 Å². The smallest absolute Gasteiger partial charge is 0.126 e. The van der Waals surface area contributed by atoms with Crippen LogP contribution in [0.25, 0.3) is 0 Å². The van der Waals surface area contributed by atoms with Crippen LogP contribution < -0.4 is 0 Å². The van der Waals surface area contributed by atoms with Crippen LogP contribution in [0.15, 0.2) is 0 Å². The Balaban J connectivity index is -0.0000000542.